The van der Waals surface area contributed by atoms with Gasteiger partial charge in [0.25, 0.3) is 0 Å². The van der Waals surface area contributed by atoms with Crippen molar-refractivity contribution in [1.29, 1.82) is 0 Å². The van der Waals surface area contributed by atoms with Gasteiger partial charge in [-0.2, -0.15) is 13.2 Å². The Bertz CT molecular complexity index is 598. The van der Waals surface area contributed by atoms with Gasteiger partial charge in [0.05, 0.1) is 11.5 Å². The second-order valence-electron chi connectivity index (χ2n) is 6.24. The van der Waals surface area contributed by atoms with Crippen LogP contribution in [0.25, 0.3) is 0 Å². The van der Waals surface area contributed by atoms with E-state index in [1.807, 2.05) is 0 Å². The van der Waals surface area contributed by atoms with Crippen LogP contribution in [0.2, 0.25) is 0 Å². The summed E-state index contributed by atoms with van der Waals surface area (Å²) in [6, 6.07) is 5.95. The van der Waals surface area contributed by atoms with Crippen LogP contribution >= 0.6 is 0 Å². The molecule has 0 aliphatic heterocycles. The van der Waals surface area contributed by atoms with Crippen LogP contribution in [0.5, 0.6) is 0 Å². The van der Waals surface area contributed by atoms with E-state index in [-0.39, 0.29) is 24.9 Å². The van der Waals surface area contributed by atoms with E-state index in [1.54, 1.807) is 12.1 Å². The van der Waals surface area contributed by atoms with Gasteiger partial charge in [0.15, 0.2) is 0 Å². The topological polar surface area (TPSA) is 57.6 Å². The van der Waals surface area contributed by atoms with Crippen LogP contribution < -0.4 is 0 Å². The zero-order chi connectivity index (χ0) is 17.9. The maximum atomic E-state index is 13.1. The van der Waals surface area contributed by atoms with Crippen LogP contribution in [0, 0.1) is 11.8 Å². The summed E-state index contributed by atoms with van der Waals surface area (Å²) in [7, 11) is 1.48. The number of benzene rings is 1. The van der Waals surface area contributed by atoms with Gasteiger partial charge in [0.1, 0.15) is 0 Å². The van der Waals surface area contributed by atoms with Gasteiger partial charge in [-0.05, 0) is 30.5 Å². The highest BCUT2D eigenvalue weighted by Crippen LogP contribution is 2.42. The number of amides is 1. The number of carboxylic acids is 1. The second-order valence-corrected chi connectivity index (χ2v) is 6.24. The summed E-state index contributed by atoms with van der Waals surface area (Å²) in [5, 5.41) is 8.85. The lowest BCUT2D eigenvalue weighted by Crippen LogP contribution is -2.43. The summed E-state index contributed by atoms with van der Waals surface area (Å²) in [5.41, 5.74) is 0.798. The van der Waals surface area contributed by atoms with Crippen molar-refractivity contribution in [2.75, 3.05) is 7.05 Å². The zero-order valence-corrected chi connectivity index (χ0v) is 13.3. The highest BCUT2D eigenvalue weighted by atomic mass is 19.4. The molecule has 1 aliphatic carbocycles. The third-order valence-electron chi connectivity index (χ3n) is 4.50. The third-order valence-corrected chi connectivity index (χ3v) is 4.50. The summed E-state index contributed by atoms with van der Waals surface area (Å²) in [6.07, 6.45) is -2.98. The molecule has 1 saturated carbocycles. The molecule has 0 radical (unpaired) electrons. The van der Waals surface area contributed by atoms with Crippen LogP contribution in [-0.2, 0) is 11.3 Å². The first-order chi connectivity index (χ1) is 11.2. The number of alkyl halides is 3. The van der Waals surface area contributed by atoms with E-state index in [1.165, 1.54) is 24.1 Å². The molecule has 1 aliphatic rings. The molecule has 24 heavy (non-hydrogen) atoms. The Balaban J connectivity index is 2.06. The number of carbonyl (C=O) groups is 2. The molecular formula is C17H20F3NO3. The molecule has 1 aromatic carbocycles. The summed E-state index contributed by atoms with van der Waals surface area (Å²) >= 11 is 0. The number of aromatic carboxylic acids is 1. The lowest BCUT2D eigenvalue weighted by molar-refractivity contribution is -0.200. The lowest BCUT2D eigenvalue weighted by Gasteiger charge is -2.34. The van der Waals surface area contributed by atoms with E-state index >= 15 is 0 Å². The van der Waals surface area contributed by atoms with Crippen molar-refractivity contribution < 1.29 is 27.9 Å². The quantitative estimate of drug-likeness (QED) is 0.907. The van der Waals surface area contributed by atoms with E-state index in [0.29, 0.717) is 18.4 Å². The van der Waals surface area contributed by atoms with Crippen molar-refractivity contribution in [3.8, 4) is 0 Å². The first-order valence-corrected chi connectivity index (χ1v) is 7.84. The number of carboxylic acid groups (broad SMARTS) is 1. The molecular weight excluding hydrogens is 323 g/mol. The van der Waals surface area contributed by atoms with Gasteiger partial charge in [-0.25, -0.2) is 4.79 Å². The second kappa shape index (κ2) is 7.23. The molecule has 132 valence electrons. The molecule has 1 fully saturated rings. The van der Waals surface area contributed by atoms with E-state index < -0.39 is 29.9 Å². The first kappa shape index (κ1) is 18.3. The number of hydrogen-bond donors (Lipinski definition) is 1. The Kier molecular flexibility index (Phi) is 5.51. The van der Waals surface area contributed by atoms with Crippen molar-refractivity contribution in [3.63, 3.8) is 0 Å². The molecule has 0 bridgehead atoms. The van der Waals surface area contributed by atoms with Crippen molar-refractivity contribution in [2.24, 2.45) is 11.8 Å². The van der Waals surface area contributed by atoms with E-state index in [0.717, 1.165) is 0 Å². The van der Waals surface area contributed by atoms with E-state index in [4.69, 9.17) is 5.11 Å². The van der Waals surface area contributed by atoms with Crippen molar-refractivity contribution in [1.82, 2.24) is 4.90 Å². The van der Waals surface area contributed by atoms with Crippen LogP contribution in [0.3, 0.4) is 0 Å². The smallest absolute Gasteiger partial charge is 0.392 e. The van der Waals surface area contributed by atoms with Crippen molar-refractivity contribution >= 4 is 11.9 Å². The summed E-state index contributed by atoms with van der Waals surface area (Å²) in [4.78, 5) is 24.6. The maximum Gasteiger partial charge on any atom is 0.392 e. The summed E-state index contributed by atoms with van der Waals surface area (Å²) in [5.74, 6) is -4.15. The van der Waals surface area contributed by atoms with E-state index in [9.17, 15) is 22.8 Å². The average molecular weight is 343 g/mol. The minimum Gasteiger partial charge on any atom is -0.478 e. The molecule has 4 nitrogen and oxygen atoms in total. The van der Waals surface area contributed by atoms with Crippen molar-refractivity contribution in [2.45, 2.75) is 38.4 Å². The van der Waals surface area contributed by atoms with Gasteiger partial charge in [-0.15, -0.1) is 0 Å². The first-order valence-electron chi connectivity index (χ1n) is 7.84. The van der Waals surface area contributed by atoms with Gasteiger partial charge in [-0.1, -0.05) is 25.0 Å². The van der Waals surface area contributed by atoms with Crippen LogP contribution in [0.1, 0.15) is 41.6 Å². The van der Waals surface area contributed by atoms with Crippen molar-refractivity contribution in [3.05, 3.63) is 35.4 Å². The van der Waals surface area contributed by atoms with Gasteiger partial charge in [-0.3, -0.25) is 4.79 Å². The number of hydrogen-bond acceptors (Lipinski definition) is 2. The highest BCUT2D eigenvalue weighted by Gasteiger charge is 2.48. The SMILES string of the molecule is CN(Cc1ccc(C(=O)O)cc1)C(=O)[C@@H]1CCCC[C@@H]1C(F)(F)F. The Morgan fingerprint density at radius 1 is 1.17 bits per heavy atom. The monoisotopic (exact) mass is 343 g/mol. The standard InChI is InChI=1S/C17H20F3NO3/c1-21(10-11-6-8-12(9-7-11)16(23)24)15(22)13-4-2-3-5-14(13)17(18,19)20/h6-9,13-14H,2-5,10H2,1H3,(H,23,24)/t13-,14+/m1/s1. The Labute approximate surface area is 138 Å². The molecule has 1 amide bonds. The minimum atomic E-state index is -4.36. The molecule has 1 aromatic rings. The average Bonchev–Trinajstić information content (AvgIpc) is 2.53. The summed E-state index contributed by atoms with van der Waals surface area (Å²) in [6.45, 7) is 0.153. The predicted molar refractivity (Wildman–Crippen MR) is 81.4 cm³/mol. The Morgan fingerprint density at radius 2 is 1.75 bits per heavy atom. The van der Waals surface area contributed by atoms with Crippen LogP contribution in [-0.4, -0.2) is 35.1 Å². The van der Waals surface area contributed by atoms with E-state index in [2.05, 4.69) is 0 Å². The lowest BCUT2D eigenvalue weighted by atomic mass is 9.78. The Morgan fingerprint density at radius 3 is 2.29 bits per heavy atom. The zero-order valence-electron chi connectivity index (χ0n) is 13.3. The fraction of sp³-hybridized carbons (Fsp3) is 0.529. The summed E-state index contributed by atoms with van der Waals surface area (Å²) < 4.78 is 39.4. The number of nitrogens with zero attached hydrogens (tertiary/aromatic N) is 1. The Hall–Kier alpha value is -2.05. The normalized spacial score (nSPS) is 21.3. The highest BCUT2D eigenvalue weighted by molar-refractivity contribution is 5.87. The largest absolute Gasteiger partial charge is 0.478 e. The fourth-order valence-corrected chi connectivity index (χ4v) is 3.21. The molecule has 7 heteroatoms. The number of rotatable bonds is 4. The number of carbonyl (C=O) groups excluding carboxylic acids is 1. The molecule has 2 rings (SSSR count). The van der Waals surface area contributed by atoms with Gasteiger partial charge in [0, 0.05) is 19.5 Å². The maximum absolute atomic E-state index is 13.1. The molecule has 0 aromatic heterocycles. The van der Waals surface area contributed by atoms with Gasteiger partial charge >= 0.3 is 12.1 Å². The molecule has 0 unspecified atom stereocenters. The van der Waals surface area contributed by atoms with Crippen LogP contribution in [0.4, 0.5) is 13.2 Å². The van der Waals surface area contributed by atoms with Crippen LogP contribution in [0.15, 0.2) is 24.3 Å². The van der Waals surface area contributed by atoms with Gasteiger partial charge < -0.3 is 10.0 Å². The molecule has 0 saturated heterocycles. The third kappa shape index (κ3) is 4.27. The van der Waals surface area contributed by atoms with Gasteiger partial charge in [0.2, 0.25) is 5.91 Å². The molecule has 0 spiro atoms. The minimum absolute atomic E-state index is 0.00105. The molecule has 0 heterocycles. The molecule has 1 N–H and O–H groups in total. The molecule has 2 atom stereocenters. The fourth-order valence-electron chi connectivity index (χ4n) is 3.21. The number of halogens is 3. The predicted octanol–water partition coefficient (Wildman–Crippen LogP) is 3.71.